The summed E-state index contributed by atoms with van der Waals surface area (Å²) in [6, 6.07) is 35.2. The fraction of sp³-hybridized carbons (Fsp3) is 0.156. The van der Waals surface area contributed by atoms with Crippen molar-refractivity contribution in [3.63, 3.8) is 0 Å². The molecule has 5 aromatic rings. The summed E-state index contributed by atoms with van der Waals surface area (Å²) in [4.78, 5) is 5.15. The van der Waals surface area contributed by atoms with Crippen molar-refractivity contribution in [3.8, 4) is 22.8 Å². The summed E-state index contributed by atoms with van der Waals surface area (Å²) in [6.45, 7) is 0.439. The fourth-order valence-corrected chi connectivity index (χ4v) is 5.49. The number of para-hydroxylation sites is 1. The maximum absolute atomic E-state index is 9.17. The SMILES string of the molecule is OCCOc1ccc(C2(c3ccc(OCCO)cc3)c3ccccc3-c3nc4ccccc4cc32)cc1. The number of hydrogen-bond donors (Lipinski definition) is 2. The Labute approximate surface area is 215 Å². The zero-order valence-electron chi connectivity index (χ0n) is 20.3. The average molecular weight is 490 g/mol. The van der Waals surface area contributed by atoms with Gasteiger partial charge in [-0.2, -0.15) is 0 Å². The first-order chi connectivity index (χ1) is 18.3. The van der Waals surface area contributed by atoms with Crippen LogP contribution in [0, 0.1) is 0 Å². The minimum Gasteiger partial charge on any atom is -0.491 e. The molecule has 0 saturated heterocycles. The van der Waals surface area contributed by atoms with E-state index >= 15 is 0 Å². The minimum atomic E-state index is -0.603. The number of rotatable bonds is 8. The van der Waals surface area contributed by atoms with Gasteiger partial charge in [-0.25, -0.2) is 4.98 Å². The van der Waals surface area contributed by atoms with E-state index in [4.69, 9.17) is 24.7 Å². The third kappa shape index (κ3) is 3.84. The lowest BCUT2D eigenvalue weighted by Crippen LogP contribution is -2.28. The van der Waals surface area contributed by atoms with Crippen molar-refractivity contribution in [2.75, 3.05) is 26.4 Å². The lowest BCUT2D eigenvalue weighted by molar-refractivity contribution is 0.201. The number of aromatic nitrogens is 1. The number of nitrogens with zero attached hydrogens (tertiary/aromatic N) is 1. The molecule has 1 heterocycles. The van der Waals surface area contributed by atoms with Crippen molar-refractivity contribution < 1.29 is 19.7 Å². The normalized spacial score (nSPS) is 13.2. The molecule has 5 nitrogen and oxygen atoms in total. The molecule has 1 aliphatic rings. The molecule has 184 valence electrons. The molecule has 0 atom stereocenters. The third-order valence-electron chi connectivity index (χ3n) is 7.01. The number of pyridine rings is 1. The van der Waals surface area contributed by atoms with E-state index in [0.29, 0.717) is 11.5 Å². The van der Waals surface area contributed by atoms with Crippen LogP contribution in [0.15, 0.2) is 103 Å². The Morgan fingerprint density at radius 1 is 0.622 bits per heavy atom. The Morgan fingerprint density at radius 3 is 1.81 bits per heavy atom. The first-order valence-electron chi connectivity index (χ1n) is 12.4. The van der Waals surface area contributed by atoms with Gasteiger partial charge < -0.3 is 19.7 Å². The van der Waals surface area contributed by atoms with Crippen molar-refractivity contribution in [2.45, 2.75) is 5.41 Å². The second-order valence-electron chi connectivity index (χ2n) is 9.07. The Bertz CT molecular complexity index is 1490. The predicted octanol–water partition coefficient (Wildman–Crippen LogP) is 5.34. The first kappa shape index (κ1) is 23.2. The molecular weight excluding hydrogens is 462 g/mol. The fourth-order valence-electron chi connectivity index (χ4n) is 5.49. The van der Waals surface area contributed by atoms with Crippen molar-refractivity contribution >= 4 is 10.9 Å². The van der Waals surface area contributed by atoms with Gasteiger partial charge in [0.1, 0.15) is 24.7 Å². The molecule has 5 heteroatoms. The van der Waals surface area contributed by atoms with Gasteiger partial charge in [0, 0.05) is 10.9 Å². The second kappa shape index (κ2) is 9.69. The summed E-state index contributed by atoms with van der Waals surface area (Å²) < 4.78 is 11.3. The minimum absolute atomic E-state index is 0.0319. The highest BCUT2D eigenvalue weighted by molar-refractivity contribution is 5.91. The van der Waals surface area contributed by atoms with Gasteiger partial charge in [-0.05, 0) is 58.7 Å². The van der Waals surface area contributed by atoms with Crippen LogP contribution in [0.1, 0.15) is 22.3 Å². The number of ether oxygens (including phenoxy) is 2. The second-order valence-corrected chi connectivity index (χ2v) is 9.07. The van der Waals surface area contributed by atoms with Crippen LogP contribution >= 0.6 is 0 Å². The number of aliphatic hydroxyl groups is 2. The van der Waals surface area contributed by atoms with Gasteiger partial charge in [-0.1, -0.05) is 66.7 Å². The molecule has 0 aliphatic heterocycles. The number of benzene rings is 4. The highest BCUT2D eigenvalue weighted by Crippen LogP contribution is 2.56. The van der Waals surface area contributed by atoms with Crippen molar-refractivity contribution in [2.24, 2.45) is 0 Å². The van der Waals surface area contributed by atoms with Crippen LogP contribution in [0.2, 0.25) is 0 Å². The van der Waals surface area contributed by atoms with E-state index in [2.05, 4.69) is 66.7 Å². The van der Waals surface area contributed by atoms with E-state index in [1.54, 1.807) is 0 Å². The molecule has 0 saturated carbocycles. The summed E-state index contributed by atoms with van der Waals surface area (Å²) in [7, 11) is 0. The number of aliphatic hydroxyl groups excluding tert-OH is 2. The molecule has 0 unspecified atom stereocenters. The molecule has 0 fully saturated rings. The van der Waals surface area contributed by atoms with Crippen LogP contribution in [-0.4, -0.2) is 41.6 Å². The summed E-state index contributed by atoms with van der Waals surface area (Å²) in [5, 5.41) is 19.4. The largest absolute Gasteiger partial charge is 0.491 e. The van der Waals surface area contributed by atoms with Crippen LogP contribution < -0.4 is 9.47 Å². The predicted molar refractivity (Wildman–Crippen MR) is 144 cm³/mol. The van der Waals surface area contributed by atoms with Crippen molar-refractivity contribution in [3.05, 3.63) is 125 Å². The van der Waals surface area contributed by atoms with Gasteiger partial charge in [-0.3, -0.25) is 0 Å². The zero-order chi connectivity index (χ0) is 25.2. The van der Waals surface area contributed by atoms with Gasteiger partial charge in [-0.15, -0.1) is 0 Å². The van der Waals surface area contributed by atoms with Crippen LogP contribution in [-0.2, 0) is 5.41 Å². The lowest BCUT2D eigenvalue weighted by Gasteiger charge is -2.34. The molecule has 0 bridgehead atoms. The van der Waals surface area contributed by atoms with Crippen molar-refractivity contribution in [1.29, 1.82) is 0 Å². The highest BCUT2D eigenvalue weighted by atomic mass is 16.5. The summed E-state index contributed by atoms with van der Waals surface area (Å²) >= 11 is 0. The Hall–Kier alpha value is -4.19. The molecule has 6 rings (SSSR count). The lowest BCUT2D eigenvalue weighted by atomic mass is 9.68. The molecule has 4 aromatic carbocycles. The van der Waals surface area contributed by atoms with Gasteiger partial charge in [0.15, 0.2) is 0 Å². The van der Waals surface area contributed by atoms with E-state index in [1.807, 2.05) is 36.4 Å². The quantitative estimate of drug-likeness (QED) is 0.302. The molecule has 0 radical (unpaired) electrons. The number of hydrogen-bond acceptors (Lipinski definition) is 5. The smallest absolute Gasteiger partial charge is 0.119 e. The molecule has 37 heavy (non-hydrogen) atoms. The van der Waals surface area contributed by atoms with E-state index in [1.165, 1.54) is 5.56 Å². The van der Waals surface area contributed by atoms with Crippen LogP contribution in [0.4, 0.5) is 0 Å². The van der Waals surface area contributed by atoms with E-state index < -0.39 is 5.41 Å². The maximum Gasteiger partial charge on any atom is 0.119 e. The van der Waals surface area contributed by atoms with Crippen molar-refractivity contribution in [1.82, 2.24) is 4.98 Å². The molecule has 2 N–H and O–H groups in total. The highest BCUT2D eigenvalue weighted by Gasteiger charge is 2.47. The van der Waals surface area contributed by atoms with Crippen LogP contribution in [0.3, 0.4) is 0 Å². The Balaban J connectivity index is 1.63. The number of fused-ring (bicyclic) bond motifs is 4. The van der Waals surface area contributed by atoms with E-state index in [0.717, 1.165) is 38.9 Å². The molecule has 0 amide bonds. The van der Waals surface area contributed by atoms with Crippen LogP contribution in [0.5, 0.6) is 11.5 Å². The Morgan fingerprint density at radius 2 is 1.19 bits per heavy atom. The first-order valence-corrected chi connectivity index (χ1v) is 12.4. The zero-order valence-corrected chi connectivity index (χ0v) is 20.3. The summed E-state index contributed by atoms with van der Waals surface area (Å²) in [5.74, 6) is 1.42. The van der Waals surface area contributed by atoms with Gasteiger partial charge in [0.05, 0.1) is 29.8 Å². The molecule has 1 aliphatic carbocycles. The maximum atomic E-state index is 9.17. The van der Waals surface area contributed by atoms with E-state index in [9.17, 15) is 0 Å². The monoisotopic (exact) mass is 489 g/mol. The van der Waals surface area contributed by atoms with Gasteiger partial charge in [0.2, 0.25) is 0 Å². The third-order valence-corrected chi connectivity index (χ3v) is 7.01. The standard InChI is InChI=1S/C32H27NO4/c34-17-19-36-25-13-9-23(10-14-25)32(24-11-15-26(16-12-24)37-20-18-35)28-7-3-2-6-27(28)31-29(32)21-22-5-1-4-8-30(22)33-31/h1-16,21,34-35H,17-20H2. The summed E-state index contributed by atoms with van der Waals surface area (Å²) in [6.07, 6.45) is 0. The molecule has 0 spiro atoms. The summed E-state index contributed by atoms with van der Waals surface area (Å²) in [5.41, 5.74) is 6.94. The molecule has 1 aromatic heterocycles. The average Bonchev–Trinajstić information content (AvgIpc) is 3.24. The van der Waals surface area contributed by atoms with Gasteiger partial charge >= 0.3 is 0 Å². The van der Waals surface area contributed by atoms with E-state index in [-0.39, 0.29) is 26.4 Å². The van der Waals surface area contributed by atoms with Crippen LogP contribution in [0.25, 0.3) is 22.2 Å². The molecular formula is C32H27NO4. The topological polar surface area (TPSA) is 71.8 Å². The Kier molecular flexibility index (Phi) is 6.08. The van der Waals surface area contributed by atoms with Gasteiger partial charge in [0.25, 0.3) is 0 Å².